The van der Waals surface area contributed by atoms with E-state index in [-0.39, 0.29) is 0 Å². The van der Waals surface area contributed by atoms with Crippen molar-refractivity contribution in [3.63, 3.8) is 0 Å². The highest BCUT2D eigenvalue weighted by Crippen LogP contribution is 2.50. The van der Waals surface area contributed by atoms with Gasteiger partial charge in [0.15, 0.2) is 186 Å². The van der Waals surface area contributed by atoms with Gasteiger partial charge in [0.25, 0.3) is 0 Å². The van der Waals surface area contributed by atoms with Crippen LogP contribution in [0.15, 0.2) is 0 Å². The second-order valence-corrected chi connectivity index (χ2v) is 16.7. The van der Waals surface area contributed by atoms with E-state index in [1.54, 1.807) is 0 Å². The number of hydrogen-bond donors (Lipinski definition) is 0. The molecule has 0 aliphatic rings. The summed E-state index contributed by atoms with van der Waals surface area (Å²) in [4.78, 5) is 0. The van der Waals surface area contributed by atoms with Crippen molar-refractivity contribution in [2.24, 2.45) is 0 Å². The maximum absolute atomic E-state index is 15.8. The SMILES string of the molecule is Fc1c(F)c(-c2c(F)c(F)c(-c3c(F)c(F)c(-c4c(F)c(F)c5c(F)c(F)c(F)c(F)c5c4F)c(F)c3F)c(F)c2F)c(F)c(F)c1-c1c(F)c(F)c(-c2c(F)c(F)c(-c3c(F)c(F)c4c(F)c(F)c(F)c(F)c4c3F)c(F)c2F)c(F)c1F. The lowest BCUT2D eigenvalue weighted by Crippen LogP contribution is -2.14. The Morgan fingerprint density at radius 1 is 0.0714 bits per heavy atom. The van der Waals surface area contributed by atoms with Gasteiger partial charge in [0.2, 0.25) is 0 Å². The molecule has 9 aromatic carbocycles. The van der Waals surface area contributed by atoms with E-state index in [1.807, 2.05) is 0 Å². The van der Waals surface area contributed by atoms with Crippen LogP contribution in [-0.2, 0) is 0 Å². The van der Waals surface area contributed by atoms with Crippen molar-refractivity contribution in [2.75, 3.05) is 0 Å². The maximum Gasteiger partial charge on any atom is 0.198 e. The highest BCUT2D eigenvalue weighted by molar-refractivity contribution is 5.93. The molecule has 0 nitrogen and oxygen atoms in total. The van der Waals surface area contributed by atoms with Crippen molar-refractivity contribution in [2.45, 2.75) is 0 Å². The molecule has 0 aliphatic carbocycles. The first-order chi connectivity index (χ1) is 39.0. The van der Waals surface area contributed by atoms with Gasteiger partial charge in [-0.2, -0.15) is 0 Å². The van der Waals surface area contributed by atoms with Crippen LogP contribution in [0.4, 0.5) is 149 Å². The third kappa shape index (κ3) is 7.64. The Kier molecular flexibility index (Phi) is 14.2. The summed E-state index contributed by atoms with van der Waals surface area (Å²) in [7, 11) is 0. The van der Waals surface area contributed by atoms with Crippen LogP contribution < -0.4 is 0 Å². The molecule has 0 aliphatic heterocycles. The fraction of sp³-hybridized carbons (Fsp3) is 0. The fourth-order valence-corrected chi connectivity index (χ4v) is 8.76. The molecule has 34 heteroatoms. The lowest BCUT2D eigenvalue weighted by Gasteiger charge is -2.19. The molecule has 0 heterocycles. The minimum absolute atomic E-state index is 2.50. The number of fused-ring (bicyclic) bond motifs is 2. The summed E-state index contributed by atoms with van der Waals surface area (Å²) in [6.07, 6.45) is 0. The van der Waals surface area contributed by atoms with Crippen molar-refractivity contribution >= 4 is 21.5 Å². The molecule has 0 saturated carbocycles. The summed E-state index contributed by atoms with van der Waals surface area (Å²) < 4.78 is 517. The molecule has 438 valence electrons. The third-order valence-electron chi connectivity index (χ3n) is 12.5. The molecular weight excluding hydrogens is 1250 g/mol. The number of rotatable bonds is 6. The van der Waals surface area contributed by atoms with Crippen LogP contribution in [0.3, 0.4) is 0 Å². The summed E-state index contributed by atoms with van der Waals surface area (Å²) in [5.41, 5.74) is -37.4. The third-order valence-corrected chi connectivity index (χ3v) is 12.5. The van der Waals surface area contributed by atoms with Crippen LogP contribution in [0.2, 0.25) is 0 Å². The first-order valence-corrected chi connectivity index (χ1v) is 20.9. The van der Waals surface area contributed by atoms with Gasteiger partial charge >= 0.3 is 0 Å². The molecule has 0 atom stereocenters. The summed E-state index contributed by atoms with van der Waals surface area (Å²) in [6, 6.07) is 0. The van der Waals surface area contributed by atoms with Crippen molar-refractivity contribution in [3.05, 3.63) is 198 Å². The molecule has 0 bridgehead atoms. The zero-order valence-corrected chi connectivity index (χ0v) is 37.9. The first-order valence-electron chi connectivity index (χ1n) is 20.9. The van der Waals surface area contributed by atoms with E-state index in [4.69, 9.17) is 0 Å². The summed E-state index contributed by atoms with van der Waals surface area (Å²) in [5.74, 6) is -114. The summed E-state index contributed by atoms with van der Waals surface area (Å²) >= 11 is 0. The molecule has 9 rings (SSSR count). The van der Waals surface area contributed by atoms with Crippen LogP contribution in [-0.4, -0.2) is 0 Å². The second kappa shape index (κ2) is 19.9. The molecule has 0 spiro atoms. The minimum Gasteiger partial charge on any atom is -0.205 e. The molecule has 0 aromatic heterocycles. The summed E-state index contributed by atoms with van der Waals surface area (Å²) in [5, 5.41) is -10.2. The van der Waals surface area contributed by atoms with Crippen LogP contribution in [0.1, 0.15) is 0 Å². The smallest absolute Gasteiger partial charge is 0.198 e. The molecule has 0 saturated heterocycles. The van der Waals surface area contributed by atoms with Gasteiger partial charge in [0, 0.05) is 0 Å². The van der Waals surface area contributed by atoms with Crippen molar-refractivity contribution in [3.8, 4) is 66.8 Å². The van der Waals surface area contributed by atoms with Gasteiger partial charge in [-0.15, -0.1) is 0 Å². The Hall–Kier alpha value is -8.88. The van der Waals surface area contributed by atoms with Gasteiger partial charge in [0.1, 0.15) is 11.6 Å². The first kappa shape index (κ1) is 59.7. The fourth-order valence-electron chi connectivity index (χ4n) is 8.76. The normalized spacial score (nSPS) is 11.9. The highest BCUT2D eigenvalue weighted by atomic mass is 19.2. The van der Waals surface area contributed by atoms with Gasteiger partial charge < -0.3 is 0 Å². The van der Waals surface area contributed by atoms with E-state index < -0.39 is 286 Å². The van der Waals surface area contributed by atoms with E-state index >= 15 is 105 Å². The van der Waals surface area contributed by atoms with E-state index in [0.717, 1.165) is 0 Å². The van der Waals surface area contributed by atoms with Crippen LogP contribution >= 0.6 is 0 Å². The molecule has 84 heavy (non-hydrogen) atoms. The van der Waals surface area contributed by atoms with Crippen LogP contribution in [0.25, 0.3) is 88.3 Å². The van der Waals surface area contributed by atoms with E-state index in [9.17, 15) is 43.9 Å². The molecule has 9 aromatic rings. The Bertz CT molecular complexity index is 4150. The average molecular weight is 1250 g/mol. The Morgan fingerprint density at radius 2 is 0.143 bits per heavy atom. The monoisotopic (exact) mass is 1250 g/mol. The predicted octanol–water partition coefficient (Wildman–Crippen LogP) is 18.7. The van der Waals surface area contributed by atoms with E-state index in [1.165, 1.54) is 0 Å². The average Bonchev–Trinajstić information content (AvgIpc) is 2.22. The minimum atomic E-state index is -3.64. The second-order valence-electron chi connectivity index (χ2n) is 16.7. The zero-order chi connectivity index (χ0) is 62.9. The van der Waals surface area contributed by atoms with E-state index in [2.05, 4.69) is 0 Å². The van der Waals surface area contributed by atoms with Gasteiger partial charge in [-0.05, 0) is 0 Å². The van der Waals surface area contributed by atoms with Gasteiger partial charge in [-0.3, -0.25) is 0 Å². The maximum atomic E-state index is 15.8. The van der Waals surface area contributed by atoms with Crippen molar-refractivity contribution in [1.29, 1.82) is 0 Å². The largest absolute Gasteiger partial charge is 0.205 e. The highest BCUT2D eigenvalue weighted by Gasteiger charge is 2.44. The van der Waals surface area contributed by atoms with Crippen molar-refractivity contribution in [1.82, 2.24) is 0 Å². The predicted molar refractivity (Wildman–Crippen MR) is 213 cm³/mol. The van der Waals surface area contributed by atoms with Crippen LogP contribution in [0, 0.1) is 198 Å². The lowest BCUT2D eigenvalue weighted by atomic mass is 9.90. The zero-order valence-electron chi connectivity index (χ0n) is 37.9. The Labute approximate surface area is 435 Å². The topological polar surface area (TPSA) is 0 Å². The summed E-state index contributed by atoms with van der Waals surface area (Å²) in [6.45, 7) is 0. The molecule has 0 fully saturated rings. The molecular formula is C50F34. The Morgan fingerprint density at radius 3 is 0.262 bits per heavy atom. The molecule has 0 amide bonds. The van der Waals surface area contributed by atoms with Crippen LogP contribution in [0.5, 0.6) is 0 Å². The van der Waals surface area contributed by atoms with Crippen molar-refractivity contribution < 1.29 is 149 Å². The Balaban J connectivity index is 1.19. The molecule has 0 radical (unpaired) electrons. The number of hydrogen-bond acceptors (Lipinski definition) is 0. The standard InChI is InChI=1S/C50F34/c51-17-1(19(53)25(59)7-3(17)43(77)47(81)49(83)45(7)79)5-21(55)27(61)9(28(62)22(5)56)11-31(65)35(69)13(36(70)32(11)66)15-39(73)41(75)16(42(76)40(15)74)14-37(71)33(67)12(34(68)38(14)72)10-29(63)23(57)6(24(58)30(10)64)2-18(52)4-8(26(60)20(2)54)46(80)50(84)48(82)44(4)78. The number of halogens is 34. The van der Waals surface area contributed by atoms with Gasteiger partial charge in [-0.25, -0.2) is 149 Å². The lowest BCUT2D eigenvalue weighted by molar-refractivity contribution is 0.412. The van der Waals surface area contributed by atoms with Gasteiger partial charge in [0.05, 0.1) is 88.3 Å². The van der Waals surface area contributed by atoms with E-state index in [0.29, 0.717) is 0 Å². The van der Waals surface area contributed by atoms with Gasteiger partial charge in [-0.1, -0.05) is 0 Å². The molecule has 0 unspecified atom stereocenters. The molecule has 0 N–H and O–H groups in total. The number of benzene rings is 9. The quantitative estimate of drug-likeness (QED) is 0.0884.